The van der Waals surface area contributed by atoms with Gasteiger partial charge in [0.1, 0.15) is 12.1 Å². The summed E-state index contributed by atoms with van der Waals surface area (Å²) in [6.45, 7) is 7.97. The fourth-order valence-corrected chi connectivity index (χ4v) is 3.20. The number of para-hydroxylation sites is 1. The molecule has 0 aliphatic carbocycles. The molecule has 2 heterocycles. The minimum absolute atomic E-state index is 0.626. The molecular weight excluding hydrogens is 260 g/mol. The van der Waals surface area contributed by atoms with Gasteiger partial charge in [0.15, 0.2) is 0 Å². The van der Waals surface area contributed by atoms with Crippen molar-refractivity contribution < 1.29 is 0 Å². The Morgan fingerprint density at radius 2 is 2.14 bits per heavy atom. The lowest BCUT2D eigenvalue weighted by atomic mass is 10.1. The minimum Gasteiger partial charge on any atom is -0.368 e. The van der Waals surface area contributed by atoms with Gasteiger partial charge < -0.3 is 5.32 Å². The van der Waals surface area contributed by atoms with E-state index < -0.39 is 0 Å². The van der Waals surface area contributed by atoms with Crippen LogP contribution in [0, 0.1) is 5.92 Å². The van der Waals surface area contributed by atoms with Crippen LogP contribution in [-0.4, -0.2) is 40.5 Å². The zero-order valence-electron chi connectivity index (χ0n) is 12.9. The molecule has 1 atom stereocenters. The maximum absolute atomic E-state index is 4.41. The van der Waals surface area contributed by atoms with E-state index in [-0.39, 0.29) is 0 Å². The summed E-state index contributed by atoms with van der Waals surface area (Å²) >= 11 is 0. The molecule has 1 aliphatic rings. The van der Waals surface area contributed by atoms with Crippen LogP contribution in [0.4, 0.5) is 5.82 Å². The second kappa shape index (κ2) is 6.39. The molecule has 112 valence electrons. The number of hydrogen-bond acceptors (Lipinski definition) is 4. The predicted octanol–water partition coefficient (Wildman–Crippen LogP) is 3.16. The SMILES string of the molecule is CC(C)CN1CCC[C@@H]1CNc1ncnc2ccccc12. The lowest BCUT2D eigenvalue weighted by molar-refractivity contribution is 0.234. The maximum atomic E-state index is 4.41. The van der Waals surface area contributed by atoms with Crippen LogP contribution < -0.4 is 5.32 Å². The van der Waals surface area contributed by atoms with Gasteiger partial charge >= 0.3 is 0 Å². The maximum Gasteiger partial charge on any atom is 0.137 e. The number of aromatic nitrogens is 2. The highest BCUT2D eigenvalue weighted by Gasteiger charge is 2.24. The second-order valence-electron chi connectivity index (χ2n) is 6.31. The smallest absolute Gasteiger partial charge is 0.137 e. The lowest BCUT2D eigenvalue weighted by Crippen LogP contribution is -2.37. The Kier molecular flexibility index (Phi) is 4.34. The summed E-state index contributed by atoms with van der Waals surface area (Å²) in [5.41, 5.74) is 1.00. The molecule has 4 heteroatoms. The molecule has 2 aromatic rings. The zero-order chi connectivity index (χ0) is 14.7. The molecule has 0 spiro atoms. The topological polar surface area (TPSA) is 41.0 Å². The molecule has 1 fully saturated rings. The van der Waals surface area contributed by atoms with Gasteiger partial charge in [-0.1, -0.05) is 26.0 Å². The molecule has 0 radical (unpaired) electrons. The van der Waals surface area contributed by atoms with Crippen LogP contribution in [0.2, 0.25) is 0 Å². The third kappa shape index (κ3) is 3.32. The molecule has 0 bridgehead atoms. The van der Waals surface area contributed by atoms with E-state index in [2.05, 4.69) is 40.1 Å². The summed E-state index contributed by atoms with van der Waals surface area (Å²) in [5.74, 6) is 1.68. The summed E-state index contributed by atoms with van der Waals surface area (Å²) in [7, 11) is 0. The number of anilines is 1. The van der Waals surface area contributed by atoms with Gasteiger partial charge in [0.05, 0.1) is 5.52 Å². The number of nitrogens with one attached hydrogen (secondary N) is 1. The molecule has 1 aliphatic heterocycles. The average molecular weight is 284 g/mol. The number of nitrogens with zero attached hydrogens (tertiary/aromatic N) is 3. The number of likely N-dealkylation sites (tertiary alicyclic amines) is 1. The Labute approximate surface area is 126 Å². The van der Waals surface area contributed by atoms with Crippen LogP contribution in [0.15, 0.2) is 30.6 Å². The molecule has 21 heavy (non-hydrogen) atoms. The Balaban J connectivity index is 1.69. The molecule has 0 amide bonds. The first-order valence-electron chi connectivity index (χ1n) is 7.91. The Morgan fingerprint density at radius 3 is 3.00 bits per heavy atom. The lowest BCUT2D eigenvalue weighted by Gasteiger charge is -2.26. The van der Waals surface area contributed by atoms with Crippen LogP contribution in [0.1, 0.15) is 26.7 Å². The number of fused-ring (bicyclic) bond motifs is 1. The van der Waals surface area contributed by atoms with Crippen LogP contribution in [0.5, 0.6) is 0 Å². The van der Waals surface area contributed by atoms with Gasteiger partial charge in [-0.15, -0.1) is 0 Å². The molecular formula is C17H24N4. The van der Waals surface area contributed by atoms with Crippen LogP contribution >= 0.6 is 0 Å². The van der Waals surface area contributed by atoms with Crippen LogP contribution in [0.3, 0.4) is 0 Å². The van der Waals surface area contributed by atoms with Crippen molar-refractivity contribution in [2.45, 2.75) is 32.7 Å². The van der Waals surface area contributed by atoms with Gasteiger partial charge in [-0.3, -0.25) is 4.90 Å². The highest BCUT2D eigenvalue weighted by atomic mass is 15.2. The first kappa shape index (κ1) is 14.3. The predicted molar refractivity (Wildman–Crippen MR) is 87.5 cm³/mol. The highest BCUT2D eigenvalue weighted by Crippen LogP contribution is 2.22. The van der Waals surface area contributed by atoms with Crippen LogP contribution in [0.25, 0.3) is 10.9 Å². The monoisotopic (exact) mass is 284 g/mol. The quantitative estimate of drug-likeness (QED) is 0.915. The second-order valence-corrected chi connectivity index (χ2v) is 6.31. The standard InChI is InChI=1S/C17H24N4/c1-13(2)11-21-9-5-6-14(21)10-18-17-15-7-3-4-8-16(15)19-12-20-17/h3-4,7-8,12-14H,5-6,9-11H2,1-2H3,(H,18,19,20)/t14-/m1/s1. The molecule has 4 nitrogen and oxygen atoms in total. The van der Waals surface area contributed by atoms with Crippen molar-refractivity contribution in [3.05, 3.63) is 30.6 Å². The van der Waals surface area contributed by atoms with Crippen molar-refractivity contribution in [2.75, 3.05) is 25.0 Å². The van der Waals surface area contributed by atoms with E-state index in [4.69, 9.17) is 0 Å². The average Bonchev–Trinajstić information content (AvgIpc) is 2.91. The van der Waals surface area contributed by atoms with Crippen molar-refractivity contribution in [1.82, 2.24) is 14.9 Å². The normalized spacial score (nSPS) is 19.5. The fraction of sp³-hybridized carbons (Fsp3) is 0.529. The van der Waals surface area contributed by atoms with E-state index in [1.807, 2.05) is 18.2 Å². The fourth-order valence-electron chi connectivity index (χ4n) is 3.20. The number of hydrogen-bond donors (Lipinski definition) is 1. The van der Waals surface area contributed by atoms with Gasteiger partial charge in [-0.25, -0.2) is 9.97 Å². The Morgan fingerprint density at radius 1 is 1.29 bits per heavy atom. The summed E-state index contributed by atoms with van der Waals surface area (Å²) in [5, 5.41) is 4.65. The van der Waals surface area contributed by atoms with E-state index in [0.717, 1.165) is 29.2 Å². The van der Waals surface area contributed by atoms with Gasteiger partial charge in [0.25, 0.3) is 0 Å². The summed E-state index contributed by atoms with van der Waals surface area (Å²) in [4.78, 5) is 11.3. The zero-order valence-corrected chi connectivity index (χ0v) is 12.9. The van der Waals surface area contributed by atoms with Gasteiger partial charge in [-0.05, 0) is 37.4 Å². The summed E-state index contributed by atoms with van der Waals surface area (Å²) in [6.07, 6.45) is 4.23. The third-order valence-corrected chi connectivity index (χ3v) is 4.15. The van der Waals surface area contributed by atoms with E-state index in [9.17, 15) is 0 Å². The van der Waals surface area contributed by atoms with E-state index in [0.29, 0.717) is 6.04 Å². The van der Waals surface area contributed by atoms with Crippen molar-refractivity contribution in [1.29, 1.82) is 0 Å². The minimum atomic E-state index is 0.626. The van der Waals surface area contributed by atoms with Gasteiger partial charge in [0.2, 0.25) is 0 Å². The molecule has 0 saturated carbocycles. The van der Waals surface area contributed by atoms with Crippen LogP contribution in [-0.2, 0) is 0 Å². The van der Waals surface area contributed by atoms with Gasteiger partial charge in [0, 0.05) is 24.5 Å². The molecule has 0 unspecified atom stereocenters. The molecule has 1 aromatic carbocycles. The van der Waals surface area contributed by atoms with E-state index in [1.165, 1.54) is 25.9 Å². The molecule has 1 aromatic heterocycles. The van der Waals surface area contributed by atoms with Crippen molar-refractivity contribution in [3.63, 3.8) is 0 Å². The first-order chi connectivity index (χ1) is 10.2. The first-order valence-corrected chi connectivity index (χ1v) is 7.91. The molecule has 3 rings (SSSR count). The Hall–Kier alpha value is -1.68. The third-order valence-electron chi connectivity index (χ3n) is 4.15. The highest BCUT2D eigenvalue weighted by molar-refractivity contribution is 5.88. The summed E-state index contributed by atoms with van der Waals surface area (Å²) < 4.78 is 0. The number of benzene rings is 1. The summed E-state index contributed by atoms with van der Waals surface area (Å²) in [6, 6.07) is 8.79. The van der Waals surface area contributed by atoms with E-state index in [1.54, 1.807) is 6.33 Å². The molecule has 1 N–H and O–H groups in total. The van der Waals surface area contributed by atoms with Crippen molar-refractivity contribution in [3.8, 4) is 0 Å². The van der Waals surface area contributed by atoms with E-state index >= 15 is 0 Å². The largest absolute Gasteiger partial charge is 0.368 e. The Bertz CT molecular complexity index is 591. The van der Waals surface area contributed by atoms with Crippen molar-refractivity contribution >= 4 is 16.7 Å². The molecule has 1 saturated heterocycles. The van der Waals surface area contributed by atoms with Gasteiger partial charge in [-0.2, -0.15) is 0 Å². The number of rotatable bonds is 5. The van der Waals surface area contributed by atoms with Crippen molar-refractivity contribution in [2.24, 2.45) is 5.92 Å².